The summed E-state index contributed by atoms with van der Waals surface area (Å²) < 4.78 is 22.5. The van der Waals surface area contributed by atoms with Crippen LogP contribution in [0.25, 0.3) is 0 Å². The molecule has 0 heterocycles. The van der Waals surface area contributed by atoms with Crippen LogP contribution in [-0.4, -0.2) is 48.6 Å². The Morgan fingerprint density at radius 3 is 1.67 bits per heavy atom. The summed E-state index contributed by atoms with van der Waals surface area (Å²) >= 11 is 0. The van der Waals surface area contributed by atoms with Crippen molar-refractivity contribution < 1.29 is 48.0 Å². The smallest absolute Gasteiger partial charge is 0.383 e. The first kappa shape index (κ1) is 17.3. The topological polar surface area (TPSA) is 182 Å². The first-order valence-corrected chi connectivity index (χ1v) is 6.17. The van der Waals surface area contributed by atoms with Crippen LogP contribution in [-0.2, 0) is 18.4 Å². The van der Waals surface area contributed by atoms with E-state index < -0.39 is 28.4 Å². The molecule has 0 saturated carbocycles. The van der Waals surface area contributed by atoms with Gasteiger partial charge in [0, 0.05) is 0 Å². The van der Waals surface area contributed by atoms with E-state index in [4.69, 9.17) is 34.1 Å². The maximum atomic E-state index is 9.90. The molecule has 0 aromatic rings. The van der Waals surface area contributed by atoms with E-state index in [1.807, 2.05) is 0 Å². The summed E-state index contributed by atoms with van der Waals surface area (Å²) in [7, 11) is -9.19. The van der Waals surface area contributed by atoms with Crippen molar-refractivity contribution in [2.24, 2.45) is 0 Å². The summed E-state index contributed by atoms with van der Waals surface area (Å²) in [5.74, 6) is 0. The number of aliphatic hydroxyl groups excluding tert-OH is 1. The zero-order valence-electron chi connectivity index (χ0n) is 7.07. The van der Waals surface area contributed by atoms with Gasteiger partial charge in [-0.15, -0.1) is 0 Å². The molecule has 0 aliphatic rings. The number of phosphoric ester groups is 1. The van der Waals surface area contributed by atoms with Gasteiger partial charge in [0.1, 0.15) is 6.10 Å². The summed E-state index contributed by atoms with van der Waals surface area (Å²) in [6.45, 7) is -0.687. The van der Waals surface area contributed by atoms with Gasteiger partial charge in [0.25, 0.3) is 0 Å². The Balaban J connectivity index is 0. The molecule has 0 rings (SSSR count). The number of hydrogen-bond acceptors (Lipinski definition) is 5. The van der Waals surface area contributed by atoms with E-state index in [1.165, 1.54) is 0 Å². The summed E-state index contributed by atoms with van der Waals surface area (Å²) in [4.78, 5) is 47.2. The largest absolute Gasteiger partial charge is 0.469 e. The highest BCUT2D eigenvalue weighted by molar-refractivity contribution is 7.46. The molecule has 0 spiro atoms. The van der Waals surface area contributed by atoms with Crippen molar-refractivity contribution in [3.63, 3.8) is 0 Å². The minimum absolute atomic E-state index is 0.121. The van der Waals surface area contributed by atoms with Crippen LogP contribution >= 0.6 is 15.6 Å². The first-order valence-electron chi connectivity index (χ1n) is 3.07. The van der Waals surface area contributed by atoms with Crippen molar-refractivity contribution in [2.45, 2.75) is 6.10 Å². The Hall–Kier alpha value is -0.150. The van der Waals surface area contributed by atoms with Gasteiger partial charge in [-0.1, -0.05) is 0 Å². The predicted octanol–water partition coefficient (Wildman–Crippen LogP) is -2.27. The zero-order chi connectivity index (χ0) is 12.7. The first-order chi connectivity index (χ1) is 6.45. The molecule has 0 amide bonds. The normalized spacial score (nSPS) is 13.7. The lowest BCUT2D eigenvalue weighted by molar-refractivity contribution is -0.116. The molecule has 0 bridgehead atoms. The number of carbonyl (C=O) groups is 1. The van der Waals surface area contributed by atoms with Gasteiger partial charge < -0.3 is 34.4 Å². The van der Waals surface area contributed by atoms with E-state index >= 15 is 0 Å². The van der Waals surface area contributed by atoms with E-state index in [0.29, 0.717) is 0 Å². The van der Waals surface area contributed by atoms with Crippen molar-refractivity contribution >= 4 is 21.9 Å². The van der Waals surface area contributed by atoms with E-state index in [-0.39, 0.29) is 6.29 Å². The molecule has 0 radical (unpaired) electrons. The van der Waals surface area contributed by atoms with Crippen LogP contribution < -0.4 is 0 Å². The lowest BCUT2D eigenvalue weighted by Gasteiger charge is -2.04. The van der Waals surface area contributed by atoms with Crippen molar-refractivity contribution in [1.29, 1.82) is 0 Å². The SMILES string of the molecule is O=CC(O)COP(=O)(O)O.O=P(O)(O)O. The fourth-order valence-electron chi connectivity index (χ4n) is 0.213. The molecule has 0 saturated heterocycles. The van der Waals surface area contributed by atoms with Gasteiger partial charge in [0.2, 0.25) is 0 Å². The van der Waals surface area contributed by atoms with Crippen LogP contribution in [0.15, 0.2) is 0 Å². The molecular weight excluding hydrogens is 258 g/mol. The van der Waals surface area contributed by atoms with Crippen molar-refractivity contribution in [3.05, 3.63) is 0 Å². The number of carbonyl (C=O) groups excluding carboxylic acids is 1. The average molecular weight is 268 g/mol. The highest BCUT2D eigenvalue weighted by Gasteiger charge is 2.15. The van der Waals surface area contributed by atoms with Gasteiger partial charge in [0.15, 0.2) is 6.29 Å². The molecule has 10 nitrogen and oxygen atoms in total. The zero-order valence-corrected chi connectivity index (χ0v) is 8.86. The third kappa shape index (κ3) is 31.6. The Labute approximate surface area is 83.6 Å². The molecule has 1 unspecified atom stereocenters. The Morgan fingerprint density at radius 2 is 1.47 bits per heavy atom. The quantitative estimate of drug-likeness (QED) is 0.240. The van der Waals surface area contributed by atoms with Gasteiger partial charge >= 0.3 is 15.6 Å². The summed E-state index contributed by atoms with van der Waals surface area (Å²) in [6, 6.07) is 0. The summed E-state index contributed by atoms with van der Waals surface area (Å²) in [5.41, 5.74) is 0. The number of rotatable bonds is 4. The second kappa shape index (κ2) is 7.18. The van der Waals surface area contributed by atoms with Gasteiger partial charge in [-0.25, -0.2) is 9.13 Å². The van der Waals surface area contributed by atoms with Crippen LogP contribution in [0.4, 0.5) is 0 Å². The molecule has 0 aromatic heterocycles. The molecule has 0 fully saturated rings. The molecule has 1 atom stereocenters. The Bertz CT molecular complexity index is 254. The molecule has 15 heavy (non-hydrogen) atoms. The van der Waals surface area contributed by atoms with Crippen LogP contribution in [0, 0.1) is 0 Å². The lowest BCUT2D eigenvalue weighted by Crippen LogP contribution is -2.15. The Kier molecular flexibility index (Phi) is 8.25. The molecule has 0 aliphatic heterocycles. The maximum absolute atomic E-state index is 9.90. The summed E-state index contributed by atoms with van der Waals surface area (Å²) in [5, 5.41) is 8.38. The van der Waals surface area contributed by atoms with Crippen molar-refractivity contribution in [2.75, 3.05) is 6.61 Å². The van der Waals surface area contributed by atoms with Crippen LogP contribution in [0.1, 0.15) is 0 Å². The third-order valence-corrected chi connectivity index (χ3v) is 1.06. The van der Waals surface area contributed by atoms with Gasteiger partial charge in [-0.05, 0) is 0 Å². The minimum Gasteiger partial charge on any atom is -0.383 e. The van der Waals surface area contributed by atoms with Crippen LogP contribution in [0.2, 0.25) is 0 Å². The average Bonchev–Trinajstić information content (AvgIpc) is 1.95. The molecule has 0 aliphatic carbocycles. The number of hydrogen-bond donors (Lipinski definition) is 6. The van der Waals surface area contributed by atoms with E-state index in [2.05, 4.69) is 4.52 Å². The molecule has 6 N–H and O–H groups in total. The fourth-order valence-corrected chi connectivity index (χ4v) is 0.560. The monoisotopic (exact) mass is 268 g/mol. The number of phosphoric acid groups is 2. The predicted molar refractivity (Wildman–Crippen MR) is 44.3 cm³/mol. The van der Waals surface area contributed by atoms with Gasteiger partial charge in [-0.2, -0.15) is 0 Å². The van der Waals surface area contributed by atoms with E-state index in [9.17, 15) is 9.36 Å². The Morgan fingerprint density at radius 1 is 1.13 bits per heavy atom. The number of aldehydes is 1. The van der Waals surface area contributed by atoms with Gasteiger partial charge in [-0.3, -0.25) is 4.52 Å². The summed E-state index contributed by atoms with van der Waals surface area (Å²) in [6.07, 6.45) is -1.36. The van der Waals surface area contributed by atoms with Gasteiger partial charge in [0.05, 0.1) is 6.61 Å². The second-order valence-electron chi connectivity index (χ2n) is 2.00. The molecule has 12 heteroatoms. The van der Waals surface area contributed by atoms with Crippen LogP contribution in [0.3, 0.4) is 0 Å². The van der Waals surface area contributed by atoms with Crippen LogP contribution in [0.5, 0.6) is 0 Å². The van der Waals surface area contributed by atoms with E-state index in [0.717, 1.165) is 0 Å². The highest BCUT2D eigenvalue weighted by Crippen LogP contribution is 2.35. The molecule has 0 aromatic carbocycles. The highest BCUT2D eigenvalue weighted by atomic mass is 31.2. The standard InChI is InChI=1S/C3H7O6P.H3O4P/c4-1-3(5)2-9-10(6,7)8;1-5(2,3)4/h1,3,5H,2H2,(H2,6,7,8);(H3,1,2,3,4). The molecular formula is C3H10O10P2. The maximum Gasteiger partial charge on any atom is 0.469 e. The second-order valence-corrected chi connectivity index (χ2v) is 4.27. The number of aliphatic hydroxyl groups is 1. The van der Waals surface area contributed by atoms with E-state index in [1.54, 1.807) is 0 Å². The fraction of sp³-hybridized carbons (Fsp3) is 0.667. The lowest BCUT2D eigenvalue weighted by atomic mass is 10.4. The third-order valence-electron chi connectivity index (χ3n) is 0.571. The minimum atomic E-state index is -4.64. The molecule has 92 valence electrons. The van der Waals surface area contributed by atoms with Crippen molar-refractivity contribution in [1.82, 2.24) is 0 Å². The van der Waals surface area contributed by atoms with Crippen molar-refractivity contribution in [3.8, 4) is 0 Å².